The third-order valence-electron chi connectivity index (χ3n) is 5.14. The summed E-state index contributed by atoms with van der Waals surface area (Å²) in [5.74, 6) is 1.05. The fraction of sp³-hybridized carbons (Fsp3) is 0.579. The summed E-state index contributed by atoms with van der Waals surface area (Å²) in [5.41, 5.74) is 0. The molecule has 2 amide bonds. The Kier molecular flexibility index (Phi) is 6.29. The van der Waals surface area contributed by atoms with Gasteiger partial charge in [-0.05, 0) is 37.1 Å². The number of thioether (sulfide) groups is 1. The molecule has 6 heteroatoms. The minimum Gasteiger partial charge on any atom is -0.345 e. The summed E-state index contributed by atoms with van der Waals surface area (Å²) in [6.07, 6.45) is 5.34. The minimum absolute atomic E-state index is 0.103. The van der Waals surface area contributed by atoms with Crippen LogP contribution in [0.15, 0.2) is 29.2 Å². The van der Waals surface area contributed by atoms with Crippen molar-refractivity contribution in [1.82, 2.24) is 9.80 Å². The van der Waals surface area contributed by atoms with Crippen molar-refractivity contribution < 1.29 is 9.59 Å². The fourth-order valence-electron chi connectivity index (χ4n) is 3.77. The normalized spacial score (nSPS) is 21.1. The highest BCUT2D eigenvalue weighted by Gasteiger charge is 2.36. The van der Waals surface area contributed by atoms with E-state index in [1.165, 1.54) is 24.6 Å². The van der Waals surface area contributed by atoms with E-state index in [9.17, 15) is 9.59 Å². The van der Waals surface area contributed by atoms with Gasteiger partial charge in [-0.15, -0.1) is 11.8 Å². The average molecular weight is 381 g/mol. The van der Waals surface area contributed by atoms with Gasteiger partial charge in [0.15, 0.2) is 0 Å². The van der Waals surface area contributed by atoms with Gasteiger partial charge in [0.2, 0.25) is 11.8 Å². The van der Waals surface area contributed by atoms with Crippen LogP contribution in [0.5, 0.6) is 0 Å². The van der Waals surface area contributed by atoms with Crippen LogP contribution in [0.2, 0.25) is 5.02 Å². The molecular weight excluding hydrogens is 356 g/mol. The number of carbonyl (C=O) groups excluding carboxylic acids is 2. The third kappa shape index (κ3) is 4.91. The maximum Gasteiger partial charge on any atom is 0.232 e. The number of nitrogens with zero attached hydrogens (tertiary/aromatic N) is 2. The fourth-order valence-corrected chi connectivity index (χ4v) is 4.74. The zero-order chi connectivity index (χ0) is 17.8. The number of hydrogen-bond acceptors (Lipinski definition) is 3. The average Bonchev–Trinajstić information content (AvgIpc) is 3.23. The lowest BCUT2D eigenvalue weighted by atomic mass is 10.1. The molecule has 1 aliphatic heterocycles. The SMILES string of the molecule is CN(CC1CC(=O)N(C2CCCC2)C1)C(=O)CSc1ccc(Cl)cc1. The van der Waals surface area contributed by atoms with Crippen LogP contribution < -0.4 is 0 Å². The van der Waals surface area contributed by atoms with Crippen LogP contribution >= 0.6 is 23.4 Å². The molecule has 0 aromatic heterocycles. The van der Waals surface area contributed by atoms with E-state index in [1.807, 2.05) is 31.3 Å². The van der Waals surface area contributed by atoms with E-state index in [2.05, 4.69) is 4.90 Å². The molecule has 1 atom stereocenters. The van der Waals surface area contributed by atoms with Gasteiger partial charge in [0.05, 0.1) is 5.75 Å². The molecule has 1 aromatic carbocycles. The van der Waals surface area contributed by atoms with Gasteiger partial charge >= 0.3 is 0 Å². The van der Waals surface area contributed by atoms with E-state index in [1.54, 1.807) is 4.90 Å². The monoisotopic (exact) mass is 380 g/mol. The second-order valence-corrected chi connectivity index (χ2v) is 8.56. The summed E-state index contributed by atoms with van der Waals surface area (Å²) in [5, 5.41) is 0.700. The Morgan fingerprint density at radius 1 is 1.28 bits per heavy atom. The maximum atomic E-state index is 12.4. The van der Waals surface area contributed by atoms with Crippen molar-refractivity contribution in [3.05, 3.63) is 29.3 Å². The van der Waals surface area contributed by atoms with Crippen molar-refractivity contribution >= 4 is 35.2 Å². The topological polar surface area (TPSA) is 40.6 Å². The number of amides is 2. The molecule has 25 heavy (non-hydrogen) atoms. The van der Waals surface area contributed by atoms with Gasteiger partial charge in [-0.2, -0.15) is 0 Å². The van der Waals surface area contributed by atoms with Crippen LogP contribution in [-0.4, -0.2) is 53.5 Å². The first-order valence-corrected chi connectivity index (χ1v) is 10.3. The number of likely N-dealkylation sites (tertiary alicyclic amines) is 1. The predicted octanol–water partition coefficient (Wildman–Crippen LogP) is 3.68. The Labute approximate surface area is 158 Å². The second-order valence-electron chi connectivity index (χ2n) is 7.07. The molecule has 3 rings (SSSR count). The van der Waals surface area contributed by atoms with Gasteiger partial charge in [0.25, 0.3) is 0 Å². The molecule has 1 heterocycles. The van der Waals surface area contributed by atoms with Gasteiger partial charge in [-0.25, -0.2) is 0 Å². The number of benzene rings is 1. The zero-order valence-corrected chi connectivity index (χ0v) is 16.2. The number of rotatable bonds is 6. The first kappa shape index (κ1) is 18.6. The first-order chi connectivity index (χ1) is 12.0. The summed E-state index contributed by atoms with van der Waals surface area (Å²) in [6.45, 7) is 1.47. The summed E-state index contributed by atoms with van der Waals surface area (Å²) >= 11 is 7.39. The molecule has 136 valence electrons. The standard InChI is InChI=1S/C19H25ClN2O2S/c1-21(19(24)13-25-17-8-6-15(20)7-9-17)11-14-10-18(23)22(12-14)16-4-2-3-5-16/h6-9,14,16H,2-5,10-13H2,1H3. The predicted molar refractivity (Wildman–Crippen MR) is 102 cm³/mol. The molecule has 1 saturated heterocycles. The Balaban J connectivity index is 1.45. The summed E-state index contributed by atoms with van der Waals surface area (Å²) in [7, 11) is 1.84. The van der Waals surface area contributed by atoms with Crippen LogP contribution in [0.4, 0.5) is 0 Å². The Hall–Kier alpha value is -1.20. The van der Waals surface area contributed by atoms with Crippen molar-refractivity contribution in [3.63, 3.8) is 0 Å². The zero-order valence-electron chi connectivity index (χ0n) is 14.6. The molecule has 1 saturated carbocycles. The van der Waals surface area contributed by atoms with Crippen LogP contribution in [0, 0.1) is 5.92 Å². The van der Waals surface area contributed by atoms with Gasteiger partial charge in [-0.1, -0.05) is 24.4 Å². The molecule has 1 aliphatic carbocycles. The molecule has 1 aromatic rings. The lowest BCUT2D eigenvalue weighted by Gasteiger charge is -2.25. The van der Waals surface area contributed by atoms with Crippen molar-refractivity contribution in [1.29, 1.82) is 0 Å². The van der Waals surface area contributed by atoms with Gasteiger partial charge in [0.1, 0.15) is 0 Å². The van der Waals surface area contributed by atoms with Gasteiger partial charge in [0, 0.05) is 48.4 Å². The Morgan fingerprint density at radius 3 is 2.64 bits per heavy atom. The molecule has 0 spiro atoms. The quantitative estimate of drug-likeness (QED) is 0.707. The van der Waals surface area contributed by atoms with Crippen LogP contribution in [0.25, 0.3) is 0 Å². The largest absolute Gasteiger partial charge is 0.345 e. The van der Waals surface area contributed by atoms with E-state index < -0.39 is 0 Å². The van der Waals surface area contributed by atoms with E-state index >= 15 is 0 Å². The van der Waals surface area contributed by atoms with Gasteiger partial charge < -0.3 is 9.80 Å². The molecule has 2 aliphatic rings. The van der Waals surface area contributed by atoms with Crippen LogP contribution in [0.1, 0.15) is 32.1 Å². The highest BCUT2D eigenvalue weighted by molar-refractivity contribution is 8.00. The lowest BCUT2D eigenvalue weighted by Crippen LogP contribution is -2.37. The molecule has 0 bridgehead atoms. The van der Waals surface area contributed by atoms with E-state index in [4.69, 9.17) is 11.6 Å². The maximum absolute atomic E-state index is 12.4. The van der Waals surface area contributed by atoms with Crippen LogP contribution in [0.3, 0.4) is 0 Å². The summed E-state index contributed by atoms with van der Waals surface area (Å²) in [4.78, 5) is 29.5. The number of halogens is 1. The summed E-state index contributed by atoms with van der Waals surface area (Å²) in [6, 6.07) is 7.96. The van der Waals surface area contributed by atoms with Crippen molar-refractivity contribution in [2.45, 2.75) is 43.0 Å². The minimum atomic E-state index is 0.103. The Bertz CT molecular complexity index is 616. The molecule has 0 N–H and O–H groups in total. The Morgan fingerprint density at radius 2 is 1.96 bits per heavy atom. The third-order valence-corrected chi connectivity index (χ3v) is 6.39. The molecule has 2 fully saturated rings. The molecular formula is C19H25ClN2O2S. The van der Waals surface area contributed by atoms with Crippen LogP contribution in [-0.2, 0) is 9.59 Å². The van der Waals surface area contributed by atoms with Gasteiger partial charge in [-0.3, -0.25) is 9.59 Å². The second kappa shape index (κ2) is 8.45. The molecule has 4 nitrogen and oxygen atoms in total. The van der Waals surface area contributed by atoms with Crippen molar-refractivity contribution in [3.8, 4) is 0 Å². The van der Waals surface area contributed by atoms with E-state index in [-0.39, 0.29) is 17.7 Å². The van der Waals surface area contributed by atoms with Crippen molar-refractivity contribution in [2.75, 3.05) is 25.9 Å². The van der Waals surface area contributed by atoms with Crippen molar-refractivity contribution in [2.24, 2.45) is 5.92 Å². The van der Waals surface area contributed by atoms with E-state index in [0.29, 0.717) is 29.8 Å². The van der Waals surface area contributed by atoms with E-state index in [0.717, 1.165) is 24.3 Å². The number of hydrogen-bond donors (Lipinski definition) is 0. The number of carbonyl (C=O) groups is 2. The first-order valence-electron chi connectivity index (χ1n) is 8.94. The lowest BCUT2D eigenvalue weighted by molar-refractivity contribution is -0.130. The highest BCUT2D eigenvalue weighted by Crippen LogP contribution is 2.29. The highest BCUT2D eigenvalue weighted by atomic mass is 35.5. The molecule has 1 unspecified atom stereocenters. The summed E-state index contributed by atoms with van der Waals surface area (Å²) < 4.78 is 0. The smallest absolute Gasteiger partial charge is 0.232 e. The molecule has 0 radical (unpaired) electrons.